The van der Waals surface area contributed by atoms with Gasteiger partial charge in [0, 0.05) is 6.42 Å². The molecule has 0 aliphatic carbocycles. The fraction of sp³-hybridized carbons (Fsp3) is 0.750. The molecule has 1 unspecified atom stereocenters. The molecule has 0 spiro atoms. The van der Waals surface area contributed by atoms with Crippen molar-refractivity contribution in [3.63, 3.8) is 0 Å². The van der Waals surface area contributed by atoms with Crippen LogP contribution < -0.4 is 17.1 Å². The predicted molar refractivity (Wildman–Crippen MR) is 54.1 cm³/mol. The predicted octanol–water partition coefficient (Wildman–Crippen LogP) is -0.141. The van der Waals surface area contributed by atoms with E-state index in [1.807, 2.05) is 19.4 Å². The number of carbonyl (C=O) groups is 1. The Bertz CT molecular complexity index is 215. The van der Waals surface area contributed by atoms with Crippen LogP contribution >= 0.6 is 0 Å². The van der Waals surface area contributed by atoms with Gasteiger partial charge >= 0.3 is 5.97 Å². The highest BCUT2D eigenvalue weighted by molar-refractivity contribution is 5.84. The minimum atomic E-state index is -0.853. The topological polar surface area (TPSA) is 114 Å². The number of rotatable bonds is 6. The van der Waals surface area contributed by atoms with E-state index in [0.29, 0.717) is 12.3 Å². The summed E-state index contributed by atoms with van der Waals surface area (Å²) in [5, 5.41) is 12.4. The van der Waals surface area contributed by atoms with Gasteiger partial charge in [0.15, 0.2) is 0 Å². The van der Waals surface area contributed by atoms with Crippen LogP contribution in [0.3, 0.4) is 0 Å². The van der Waals surface area contributed by atoms with E-state index in [1.165, 1.54) is 0 Å². The van der Waals surface area contributed by atoms with E-state index in [0.717, 1.165) is 0 Å². The van der Waals surface area contributed by atoms with Gasteiger partial charge in [-0.1, -0.05) is 13.8 Å². The summed E-state index contributed by atoms with van der Waals surface area (Å²) in [6.45, 7) is 3.93. The SMILES string of the molecule is CC(C)CC(C/C(N)=N/NN)C(=O)O. The molecule has 0 amide bonds. The third-order valence-corrected chi connectivity index (χ3v) is 1.77. The van der Waals surface area contributed by atoms with Gasteiger partial charge in [0.2, 0.25) is 0 Å². The summed E-state index contributed by atoms with van der Waals surface area (Å²) in [5.74, 6) is 4.09. The van der Waals surface area contributed by atoms with Crippen LogP contribution in [0.1, 0.15) is 26.7 Å². The summed E-state index contributed by atoms with van der Waals surface area (Å²) in [6.07, 6.45) is 0.799. The highest BCUT2D eigenvalue weighted by Gasteiger charge is 2.20. The molecular formula is C8H18N4O2. The number of hydrazine groups is 1. The molecule has 0 saturated heterocycles. The Kier molecular flexibility index (Phi) is 5.62. The van der Waals surface area contributed by atoms with E-state index in [9.17, 15) is 4.79 Å². The molecule has 0 saturated carbocycles. The van der Waals surface area contributed by atoms with Crippen LogP contribution in [0.5, 0.6) is 0 Å². The number of carboxylic acids is 1. The molecule has 6 N–H and O–H groups in total. The van der Waals surface area contributed by atoms with Crippen molar-refractivity contribution in [2.45, 2.75) is 26.7 Å². The van der Waals surface area contributed by atoms with Crippen LogP contribution in [-0.2, 0) is 4.79 Å². The van der Waals surface area contributed by atoms with Crippen molar-refractivity contribution in [1.29, 1.82) is 0 Å². The molecular weight excluding hydrogens is 184 g/mol. The van der Waals surface area contributed by atoms with Gasteiger partial charge in [-0.25, -0.2) is 11.4 Å². The third-order valence-electron chi connectivity index (χ3n) is 1.77. The largest absolute Gasteiger partial charge is 0.481 e. The Morgan fingerprint density at radius 3 is 2.50 bits per heavy atom. The summed E-state index contributed by atoms with van der Waals surface area (Å²) >= 11 is 0. The molecule has 6 heteroatoms. The number of hydrazone groups is 1. The van der Waals surface area contributed by atoms with Gasteiger partial charge in [-0.05, 0) is 12.3 Å². The number of nitrogens with zero attached hydrogens (tertiary/aromatic N) is 1. The van der Waals surface area contributed by atoms with Gasteiger partial charge in [0.05, 0.1) is 5.92 Å². The normalized spacial score (nSPS) is 14.1. The van der Waals surface area contributed by atoms with Crippen molar-refractivity contribution in [2.24, 2.45) is 28.5 Å². The highest BCUT2D eigenvalue weighted by atomic mass is 16.4. The first-order valence-electron chi connectivity index (χ1n) is 4.47. The van der Waals surface area contributed by atoms with Crippen LogP contribution in [0, 0.1) is 11.8 Å². The number of nitrogens with two attached hydrogens (primary N) is 2. The molecule has 82 valence electrons. The highest BCUT2D eigenvalue weighted by Crippen LogP contribution is 2.15. The summed E-state index contributed by atoms with van der Waals surface area (Å²) in [7, 11) is 0. The van der Waals surface area contributed by atoms with Crippen LogP contribution in [-0.4, -0.2) is 16.9 Å². The maximum Gasteiger partial charge on any atom is 0.306 e. The van der Waals surface area contributed by atoms with Gasteiger partial charge in [0.25, 0.3) is 0 Å². The number of hydrogen-bond acceptors (Lipinski definition) is 4. The second-order valence-corrected chi connectivity index (χ2v) is 3.60. The van der Waals surface area contributed by atoms with E-state index in [-0.39, 0.29) is 12.3 Å². The van der Waals surface area contributed by atoms with E-state index < -0.39 is 11.9 Å². The second kappa shape index (κ2) is 6.20. The fourth-order valence-electron chi connectivity index (χ4n) is 1.22. The number of nitrogens with one attached hydrogen (secondary N) is 1. The number of amidine groups is 1. The van der Waals surface area contributed by atoms with Gasteiger partial charge < -0.3 is 10.8 Å². The van der Waals surface area contributed by atoms with Crippen molar-refractivity contribution in [3.8, 4) is 0 Å². The maximum absolute atomic E-state index is 10.8. The van der Waals surface area contributed by atoms with Gasteiger partial charge in [-0.15, -0.1) is 0 Å². The molecule has 0 heterocycles. The first kappa shape index (κ1) is 12.7. The summed E-state index contributed by atoms with van der Waals surface area (Å²) < 4.78 is 0. The first-order chi connectivity index (χ1) is 6.47. The smallest absolute Gasteiger partial charge is 0.306 e. The minimum Gasteiger partial charge on any atom is -0.481 e. The van der Waals surface area contributed by atoms with Crippen LogP contribution in [0.25, 0.3) is 0 Å². The molecule has 0 aliphatic heterocycles. The number of hydrogen-bond donors (Lipinski definition) is 4. The van der Waals surface area contributed by atoms with Crippen molar-refractivity contribution in [3.05, 3.63) is 0 Å². The third kappa shape index (κ3) is 5.36. The van der Waals surface area contributed by atoms with Crippen molar-refractivity contribution >= 4 is 11.8 Å². The number of aliphatic carboxylic acids is 1. The Balaban J connectivity index is 4.23. The maximum atomic E-state index is 10.8. The Labute approximate surface area is 83.3 Å². The molecule has 14 heavy (non-hydrogen) atoms. The average Bonchev–Trinajstić information content (AvgIpc) is 2.02. The van der Waals surface area contributed by atoms with Gasteiger partial charge in [-0.3, -0.25) is 4.79 Å². The summed E-state index contributed by atoms with van der Waals surface area (Å²) in [5.41, 5.74) is 7.48. The molecule has 1 atom stereocenters. The molecule has 0 aromatic heterocycles. The lowest BCUT2D eigenvalue weighted by Gasteiger charge is -2.13. The van der Waals surface area contributed by atoms with Crippen molar-refractivity contribution in [1.82, 2.24) is 5.53 Å². The standard InChI is InChI=1S/C8H18N4O2/c1-5(2)3-6(8(13)14)4-7(9)11-12-10/h5-6,12H,3-4,10H2,1-2H3,(H2,9,11)(H,13,14). The molecule has 0 aliphatic rings. The van der Waals surface area contributed by atoms with Crippen LogP contribution in [0.15, 0.2) is 5.10 Å². The minimum absolute atomic E-state index is 0.209. The molecule has 0 radical (unpaired) electrons. The molecule has 6 nitrogen and oxygen atoms in total. The first-order valence-corrected chi connectivity index (χ1v) is 4.47. The Morgan fingerprint density at radius 1 is 1.57 bits per heavy atom. The van der Waals surface area contributed by atoms with Gasteiger partial charge in [0.1, 0.15) is 5.84 Å². The zero-order chi connectivity index (χ0) is 11.1. The second-order valence-electron chi connectivity index (χ2n) is 3.60. The fourth-order valence-corrected chi connectivity index (χ4v) is 1.22. The zero-order valence-electron chi connectivity index (χ0n) is 8.53. The lowest BCUT2D eigenvalue weighted by molar-refractivity contribution is -0.142. The summed E-state index contributed by atoms with van der Waals surface area (Å²) in [4.78, 5) is 10.8. The zero-order valence-corrected chi connectivity index (χ0v) is 8.53. The van der Waals surface area contributed by atoms with Crippen molar-refractivity contribution in [2.75, 3.05) is 0 Å². The lowest BCUT2D eigenvalue weighted by Crippen LogP contribution is -2.27. The van der Waals surface area contributed by atoms with E-state index >= 15 is 0 Å². The monoisotopic (exact) mass is 202 g/mol. The molecule has 0 bridgehead atoms. The molecule has 0 aromatic carbocycles. The Morgan fingerprint density at radius 2 is 2.14 bits per heavy atom. The summed E-state index contributed by atoms with van der Waals surface area (Å²) in [6, 6.07) is 0. The quantitative estimate of drug-likeness (QED) is 0.207. The van der Waals surface area contributed by atoms with Crippen molar-refractivity contribution < 1.29 is 9.90 Å². The Hall–Kier alpha value is -1.30. The van der Waals surface area contributed by atoms with E-state index in [2.05, 4.69) is 5.10 Å². The molecule has 0 aromatic rings. The average molecular weight is 202 g/mol. The van der Waals surface area contributed by atoms with Crippen LogP contribution in [0.4, 0.5) is 0 Å². The molecule has 0 rings (SSSR count). The lowest BCUT2D eigenvalue weighted by atomic mass is 9.94. The number of carboxylic acid groups (broad SMARTS) is 1. The molecule has 0 fully saturated rings. The van der Waals surface area contributed by atoms with Crippen LogP contribution in [0.2, 0.25) is 0 Å². The van der Waals surface area contributed by atoms with E-state index in [4.69, 9.17) is 16.7 Å². The van der Waals surface area contributed by atoms with E-state index in [1.54, 1.807) is 0 Å². The van der Waals surface area contributed by atoms with Gasteiger partial charge in [-0.2, -0.15) is 5.10 Å².